The highest BCUT2D eigenvalue weighted by Gasteiger charge is 2.65. The van der Waals surface area contributed by atoms with Gasteiger partial charge in [-0.1, -0.05) is 0 Å². The van der Waals surface area contributed by atoms with E-state index in [0.717, 1.165) is 12.1 Å². The Morgan fingerprint density at radius 1 is 1.29 bits per heavy atom. The summed E-state index contributed by atoms with van der Waals surface area (Å²) >= 11 is 6.10. The molecule has 0 bridgehead atoms. The van der Waals surface area contributed by atoms with Crippen molar-refractivity contribution in [2.24, 2.45) is 5.73 Å². The Kier molecular flexibility index (Phi) is 5.56. The Hall–Kier alpha value is -2.10. The zero-order chi connectivity index (χ0) is 22.6. The van der Waals surface area contributed by atoms with E-state index < -0.39 is 41.7 Å². The molecule has 3 N–H and O–H groups in total. The number of benzene rings is 1. The van der Waals surface area contributed by atoms with Crippen LogP contribution in [0.25, 0.3) is 11.3 Å². The highest BCUT2D eigenvalue weighted by atomic mass is 35.5. The molecule has 2 aliphatic rings. The zero-order valence-corrected chi connectivity index (χ0v) is 17.5. The Morgan fingerprint density at radius 2 is 2.03 bits per heavy atom. The van der Waals surface area contributed by atoms with Crippen LogP contribution in [0.4, 0.5) is 23.2 Å². The summed E-state index contributed by atoms with van der Waals surface area (Å²) < 4.78 is 63.0. The summed E-state index contributed by atoms with van der Waals surface area (Å²) in [5.74, 6) is -5.03. The van der Waals surface area contributed by atoms with Gasteiger partial charge < -0.3 is 20.5 Å². The van der Waals surface area contributed by atoms with Crippen molar-refractivity contribution in [2.75, 3.05) is 18.6 Å². The fourth-order valence-corrected chi connectivity index (χ4v) is 5.00. The molecule has 1 aliphatic heterocycles. The standard InChI is InChI=1S/C21H22ClF4N3O2/c1-31-17-7-13(23)12(6-14(17)24)15-5-11(9-22)16(10-28-15)29-4-2-3-20(27)18(30)8-21(25,26)19(20)29/h5-7,10,18-19,30H,2-4,8-9,27H2,1H3/t18-,19?,20-/m0/s1. The van der Waals surface area contributed by atoms with Crippen molar-refractivity contribution in [3.8, 4) is 17.0 Å². The molecule has 1 saturated heterocycles. The van der Waals surface area contributed by atoms with Crippen LogP contribution in [-0.2, 0) is 5.88 Å². The van der Waals surface area contributed by atoms with Gasteiger partial charge in [0.2, 0.25) is 0 Å². The molecule has 0 amide bonds. The van der Waals surface area contributed by atoms with E-state index in [-0.39, 0.29) is 35.9 Å². The summed E-state index contributed by atoms with van der Waals surface area (Å²) in [6, 6.07) is 1.90. The maximum Gasteiger partial charge on any atom is 0.272 e. The molecule has 1 aliphatic carbocycles. The van der Waals surface area contributed by atoms with E-state index in [1.54, 1.807) is 0 Å². The van der Waals surface area contributed by atoms with Crippen LogP contribution >= 0.6 is 11.6 Å². The number of rotatable bonds is 4. The Bertz CT molecular complexity index is 1010. The maximum absolute atomic E-state index is 14.8. The molecule has 0 spiro atoms. The average Bonchev–Trinajstić information content (AvgIpc) is 2.92. The first-order chi connectivity index (χ1) is 14.6. The van der Waals surface area contributed by atoms with Gasteiger partial charge in [0.15, 0.2) is 11.6 Å². The number of hydrogen-bond donors (Lipinski definition) is 2. The van der Waals surface area contributed by atoms with Crippen LogP contribution in [-0.4, -0.2) is 47.4 Å². The molecular formula is C21H22ClF4N3O2. The predicted molar refractivity (Wildman–Crippen MR) is 109 cm³/mol. The Balaban J connectivity index is 1.77. The van der Waals surface area contributed by atoms with Gasteiger partial charge in [0.1, 0.15) is 11.9 Å². The van der Waals surface area contributed by atoms with Crippen molar-refractivity contribution in [1.29, 1.82) is 0 Å². The number of pyridine rings is 1. The fourth-order valence-electron chi connectivity index (χ4n) is 4.78. The van der Waals surface area contributed by atoms with Crippen LogP contribution in [0.15, 0.2) is 24.4 Å². The third-order valence-corrected chi connectivity index (χ3v) is 6.54. The van der Waals surface area contributed by atoms with Crippen molar-refractivity contribution in [3.05, 3.63) is 41.6 Å². The van der Waals surface area contributed by atoms with E-state index in [4.69, 9.17) is 22.1 Å². The number of alkyl halides is 3. The van der Waals surface area contributed by atoms with Gasteiger partial charge in [0.05, 0.1) is 36.3 Å². The van der Waals surface area contributed by atoms with Gasteiger partial charge in [0.25, 0.3) is 5.92 Å². The molecule has 2 fully saturated rings. The first-order valence-electron chi connectivity index (χ1n) is 9.82. The SMILES string of the molecule is COc1cc(F)c(-c2cc(CCl)c(N3CCC[C@@]4(N)C3C(F)(F)C[C@@H]4O)cn2)cc1F. The molecule has 168 valence electrons. The molecule has 1 aromatic carbocycles. The lowest BCUT2D eigenvalue weighted by atomic mass is 9.82. The minimum atomic E-state index is -3.21. The van der Waals surface area contributed by atoms with Gasteiger partial charge in [-0.05, 0) is 30.5 Å². The van der Waals surface area contributed by atoms with Crippen LogP contribution in [0.3, 0.4) is 0 Å². The molecule has 0 radical (unpaired) electrons. The molecule has 1 unspecified atom stereocenters. The lowest BCUT2D eigenvalue weighted by Gasteiger charge is -2.47. The normalized spacial score (nSPS) is 27.3. The lowest BCUT2D eigenvalue weighted by Crippen LogP contribution is -2.67. The highest BCUT2D eigenvalue weighted by molar-refractivity contribution is 6.17. The predicted octanol–water partition coefficient (Wildman–Crippen LogP) is 3.84. The molecule has 2 aromatic rings. The molecule has 1 aromatic heterocycles. The van der Waals surface area contributed by atoms with Gasteiger partial charge in [-0.25, -0.2) is 17.6 Å². The van der Waals surface area contributed by atoms with Crippen LogP contribution in [0, 0.1) is 11.6 Å². The van der Waals surface area contributed by atoms with Crippen molar-refractivity contribution in [3.63, 3.8) is 0 Å². The number of aromatic nitrogens is 1. The smallest absolute Gasteiger partial charge is 0.272 e. The topological polar surface area (TPSA) is 71.6 Å². The summed E-state index contributed by atoms with van der Waals surface area (Å²) in [5, 5.41) is 10.2. The number of aliphatic hydroxyl groups excluding tert-OH is 1. The number of halogens is 5. The van der Waals surface area contributed by atoms with Crippen LogP contribution in [0.5, 0.6) is 5.75 Å². The van der Waals surface area contributed by atoms with Crippen molar-refractivity contribution in [1.82, 2.24) is 4.98 Å². The molecule has 4 rings (SSSR count). The zero-order valence-electron chi connectivity index (χ0n) is 16.7. The summed E-state index contributed by atoms with van der Waals surface area (Å²) in [7, 11) is 1.22. The van der Waals surface area contributed by atoms with Gasteiger partial charge >= 0.3 is 0 Å². The fraction of sp³-hybridized carbons (Fsp3) is 0.476. The molecular weight excluding hydrogens is 438 g/mol. The van der Waals surface area contributed by atoms with Gasteiger partial charge in [0, 0.05) is 30.5 Å². The number of fused-ring (bicyclic) bond motifs is 1. The van der Waals surface area contributed by atoms with Crippen molar-refractivity contribution < 1.29 is 27.4 Å². The first kappa shape index (κ1) is 22.1. The second-order valence-corrected chi connectivity index (χ2v) is 8.36. The number of aliphatic hydroxyl groups is 1. The number of methoxy groups -OCH3 is 1. The molecule has 5 nitrogen and oxygen atoms in total. The average molecular weight is 460 g/mol. The van der Waals surface area contributed by atoms with Gasteiger partial charge in [-0.15, -0.1) is 11.6 Å². The number of anilines is 1. The number of piperidine rings is 1. The lowest BCUT2D eigenvalue weighted by molar-refractivity contribution is -0.0238. The summed E-state index contributed by atoms with van der Waals surface area (Å²) in [4.78, 5) is 5.64. The number of hydrogen-bond acceptors (Lipinski definition) is 5. The minimum Gasteiger partial charge on any atom is -0.494 e. The van der Waals surface area contributed by atoms with Crippen LogP contribution < -0.4 is 15.4 Å². The second-order valence-electron chi connectivity index (χ2n) is 8.09. The number of nitrogens with zero attached hydrogens (tertiary/aromatic N) is 2. The van der Waals surface area contributed by atoms with E-state index in [1.165, 1.54) is 24.3 Å². The third kappa shape index (κ3) is 3.52. The van der Waals surface area contributed by atoms with Crippen LogP contribution in [0.2, 0.25) is 0 Å². The second kappa shape index (κ2) is 7.79. The van der Waals surface area contributed by atoms with E-state index in [9.17, 15) is 22.7 Å². The molecule has 1 saturated carbocycles. The third-order valence-electron chi connectivity index (χ3n) is 6.25. The summed E-state index contributed by atoms with van der Waals surface area (Å²) in [6.07, 6.45) is 0.0350. The number of nitrogens with two attached hydrogens (primary N) is 1. The van der Waals surface area contributed by atoms with Gasteiger partial charge in [-0.3, -0.25) is 4.98 Å². The summed E-state index contributed by atoms with van der Waals surface area (Å²) in [6.45, 7) is 0.280. The summed E-state index contributed by atoms with van der Waals surface area (Å²) in [5.41, 5.74) is 5.55. The maximum atomic E-state index is 14.8. The molecule has 2 heterocycles. The Labute approximate surface area is 181 Å². The van der Waals surface area contributed by atoms with Crippen molar-refractivity contribution in [2.45, 2.75) is 48.7 Å². The molecule has 3 atom stereocenters. The molecule has 31 heavy (non-hydrogen) atoms. The Morgan fingerprint density at radius 3 is 2.71 bits per heavy atom. The monoisotopic (exact) mass is 459 g/mol. The van der Waals surface area contributed by atoms with E-state index >= 15 is 0 Å². The van der Waals surface area contributed by atoms with Crippen molar-refractivity contribution >= 4 is 17.3 Å². The highest BCUT2D eigenvalue weighted by Crippen LogP contribution is 2.49. The first-order valence-corrected chi connectivity index (χ1v) is 10.4. The minimum absolute atomic E-state index is 0.0694. The van der Waals surface area contributed by atoms with E-state index in [2.05, 4.69) is 4.98 Å². The molecule has 10 heteroatoms. The largest absolute Gasteiger partial charge is 0.494 e. The van der Waals surface area contributed by atoms with Gasteiger partial charge in [-0.2, -0.15) is 0 Å². The number of ether oxygens (including phenoxy) is 1. The van der Waals surface area contributed by atoms with E-state index in [0.29, 0.717) is 17.7 Å². The van der Waals surface area contributed by atoms with E-state index in [1.807, 2.05) is 0 Å². The van der Waals surface area contributed by atoms with Crippen LogP contribution in [0.1, 0.15) is 24.8 Å². The quantitative estimate of drug-likeness (QED) is 0.537.